The van der Waals surface area contributed by atoms with Gasteiger partial charge in [-0.1, -0.05) is 91.4 Å². The molecule has 2 aromatic rings. The Morgan fingerprint density at radius 3 is 1.46 bits per heavy atom. The molecule has 0 aliphatic carbocycles. The van der Waals surface area contributed by atoms with Gasteiger partial charge in [-0.25, -0.2) is 0 Å². The largest absolute Gasteiger partial charge is 0.369 e. The Morgan fingerprint density at radius 1 is 0.643 bits per heavy atom. The molecule has 3 rings (SSSR count). The molecule has 0 unspecified atom stereocenters. The van der Waals surface area contributed by atoms with Crippen molar-refractivity contribution in [3.63, 3.8) is 0 Å². The van der Waals surface area contributed by atoms with Crippen molar-refractivity contribution in [1.82, 2.24) is 4.90 Å². The van der Waals surface area contributed by atoms with Crippen molar-refractivity contribution in [2.75, 3.05) is 38.1 Å². The third-order valence-electron chi connectivity index (χ3n) is 4.89. The van der Waals surface area contributed by atoms with E-state index in [0.29, 0.717) is 11.8 Å². The number of benzene rings is 2. The Balaban J connectivity index is 0.000000521. The zero-order valence-corrected chi connectivity index (χ0v) is 18.6. The van der Waals surface area contributed by atoms with Gasteiger partial charge in [0.2, 0.25) is 0 Å². The van der Waals surface area contributed by atoms with Crippen LogP contribution in [0, 0.1) is 0 Å². The second-order valence-electron chi connectivity index (χ2n) is 7.60. The Hall–Kier alpha value is -1.80. The van der Waals surface area contributed by atoms with Crippen molar-refractivity contribution < 1.29 is 0 Å². The van der Waals surface area contributed by atoms with Crippen LogP contribution < -0.4 is 4.90 Å². The summed E-state index contributed by atoms with van der Waals surface area (Å²) in [6.07, 6.45) is 0. The topological polar surface area (TPSA) is 6.48 Å². The maximum Gasteiger partial charge on any atom is 0.0367 e. The van der Waals surface area contributed by atoms with Gasteiger partial charge in [0.15, 0.2) is 0 Å². The zero-order valence-electron chi connectivity index (χ0n) is 18.6. The van der Waals surface area contributed by atoms with E-state index in [0.717, 1.165) is 13.1 Å². The van der Waals surface area contributed by atoms with Crippen LogP contribution in [0.5, 0.6) is 0 Å². The molecule has 2 nitrogen and oxygen atoms in total. The second kappa shape index (κ2) is 14.2. The van der Waals surface area contributed by atoms with E-state index in [1.165, 1.54) is 29.9 Å². The molecule has 0 amide bonds. The highest BCUT2D eigenvalue weighted by Crippen LogP contribution is 2.20. The zero-order chi connectivity index (χ0) is 20.2. The Kier molecular flexibility index (Phi) is 13.3. The van der Waals surface area contributed by atoms with Gasteiger partial charge in [0.25, 0.3) is 0 Å². The number of hydrogen-bond acceptors (Lipinski definition) is 2. The first kappa shape index (κ1) is 26.2. The minimum Gasteiger partial charge on any atom is -0.369 e. The van der Waals surface area contributed by atoms with Crippen molar-refractivity contribution in [3.8, 4) is 0 Å². The lowest BCUT2D eigenvalue weighted by molar-refractivity contribution is 0.313. The van der Waals surface area contributed by atoms with Gasteiger partial charge in [0.1, 0.15) is 0 Å². The van der Waals surface area contributed by atoms with E-state index in [4.69, 9.17) is 0 Å². The maximum atomic E-state index is 2.48. The molecule has 1 aliphatic heterocycles. The molecular weight excluding hydrogens is 340 g/mol. The van der Waals surface area contributed by atoms with Gasteiger partial charge in [0.05, 0.1) is 0 Å². The summed E-state index contributed by atoms with van der Waals surface area (Å²) in [6, 6.07) is 19.6. The summed E-state index contributed by atoms with van der Waals surface area (Å²) in [5.74, 6) is 1.28. The third kappa shape index (κ3) is 8.93. The normalized spacial score (nSPS) is 13.8. The summed E-state index contributed by atoms with van der Waals surface area (Å²) >= 11 is 0. The standard InChI is InChI=1S/C14H22N2.C9H12.C2H6.CH4/c1-12(2)13-4-6-14(7-5-13)16-10-8-15(3)9-11-16;1-8(2)9-6-4-3-5-7-9;1-2;/h4-7,12H,8-11H2,1-3H3;3-8H,1-2H3;1-2H3;1H4. The van der Waals surface area contributed by atoms with Crippen molar-refractivity contribution in [2.45, 2.75) is 60.8 Å². The van der Waals surface area contributed by atoms with Crippen molar-refractivity contribution in [1.29, 1.82) is 0 Å². The van der Waals surface area contributed by atoms with E-state index in [1.807, 2.05) is 19.9 Å². The number of anilines is 1. The SMILES string of the molecule is C.CC.CC(C)c1ccc(N2CCN(C)CC2)cc1.CC(C)c1ccccc1. The van der Waals surface area contributed by atoms with Crippen LogP contribution in [0.4, 0.5) is 5.69 Å². The minimum atomic E-state index is 0. The lowest BCUT2D eigenvalue weighted by Crippen LogP contribution is -2.44. The number of nitrogens with zero attached hydrogens (tertiary/aromatic N) is 2. The third-order valence-corrected chi connectivity index (χ3v) is 4.89. The summed E-state index contributed by atoms with van der Waals surface area (Å²) in [4.78, 5) is 4.86. The van der Waals surface area contributed by atoms with Gasteiger partial charge >= 0.3 is 0 Å². The molecule has 0 N–H and O–H groups in total. The van der Waals surface area contributed by atoms with Crippen LogP contribution in [-0.2, 0) is 0 Å². The molecule has 2 aromatic carbocycles. The first-order chi connectivity index (χ1) is 13.0. The van der Waals surface area contributed by atoms with Crippen molar-refractivity contribution in [3.05, 3.63) is 65.7 Å². The number of likely N-dealkylation sites (N-methyl/N-ethyl adjacent to an activating group) is 1. The van der Waals surface area contributed by atoms with Crippen molar-refractivity contribution >= 4 is 5.69 Å². The van der Waals surface area contributed by atoms with E-state index in [9.17, 15) is 0 Å². The smallest absolute Gasteiger partial charge is 0.0367 e. The van der Waals surface area contributed by atoms with Gasteiger partial charge in [0, 0.05) is 31.9 Å². The first-order valence-corrected chi connectivity index (χ1v) is 10.6. The Morgan fingerprint density at radius 2 is 1.07 bits per heavy atom. The maximum absolute atomic E-state index is 2.48. The van der Waals surface area contributed by atoms with Crippen LogP contribution in [0.25, 0.3) is 0 Å². The van der Waals surface area contributed by atoms with E-state index in [-0.39, 0.29) is 7.43 Å². The van der Waals surface area contributed by atoms with Gasteiger partial charge < -0.3 is 9.80 Å². The number of piperazine rings is 1. The van der Waals surface area contributed by atoms with E-state index in [1.54, 1.807) is 0 Å². The predicted octanol–water partition coefficient (Wildman–Crippen LogP) is 7.03. The molecule has 1 aliphatic rings. The quantitative estimate of drug-likeness (QED) is 0.560. The summed E-state index contributed by atoms with van der Waals surface area (Å²) in [5.41, 5.74) is 4.22. The molecule has 0 atom stereocenters. The molecule has 0 aromatic heterocycles. The van der Waals surface area contributed by atoms with Gasteiger partial charge in [-0.3, -0.25) is 0 Å². The average molecular weight is 385 g/mol. The fraction of sp³-hybridized carbons (Fsp3) is 0.538. The number of rotatable bonds is 3. The highest BCUT2D eigenvalue weighted by Gasteiger charge is 2.13. The van der Waals surface area contributed by atoms with Crippen LogP contribution in [0.3, 0.4) is 0 Å². The van der Waals surface area contributed by atoms with Crippen molar-refractivity contribution in [2.24, 2.45) is 0 Å². The van der Waals surface area contributed by atoms with Gasteiger partial charge in [-0.05, 0) is 42.1 Å². The molecular formula is C26H44N2. The molecule has 0 spiro atoms. The van der Waals surface area contributed by atoms with E-state index in [2.05, 4.69) is 93.1 Å². The van der Waals surface area contributed by atoms with Crippen LogP contribution in [-0.4, -0.2) is 38.1 Å². The molecule has 1 fully saturated rings. The van der Waals surface area contributed by atoms with Gasteiger partial charge in [-0.15, -0.1) is 0 Å². The fourth-order valence-corrected chi connectivity index (χ4v) is 2.97. The Bertz CT molecular complexity index is 594. The first-order valence-electron chi connectivity index (χ1n) is 10.6. The summed E-state index contributed by atoms with van der Waals surface area (Å²) in [6.45, 7) is 17.5. The molecule has 2 heteroatoms. The number of hydrogen-bond donors (Lipinski definition) is 0. The van der Waals surface area contributed by atoms with E-state index >= 15 is 0 Å². The fourth-order valence-electron chi connectivity index (χ4n) is 2.97. The molecule has 0 radical (unpaired) electrons. The summed E-state index contributed by atoms with van der Waals surface area (Å²) in [5, 5.41) is 0. The lowest BCUT2D eigenvalue weighted by Gasteiger charge is -2.34. The predicted molar refractivity (Wildman–Crippen MR) is 129 cm³/mol. The molecule has 0 saturated carbocycles. The average Bonchev–Trinajstić information content (AvgIpc) is 2.71. The monoisotopic (exact) mass is 384 g/mol. The van der Waals surface area contributed by atoms with Gasteiger partial charge in [-0.2, -0.15) is 0 Å². The highest BCUT2D eigenvalue weighted by atomic mass is 15.2. The summed E-state index contributed by atoms with van der Waals surface area (Å²) < 4.78 is 0. The molecule has 1 saturated heterocycles. The molecule has 1 heterocycles. The highest BCUT2D eigenvalue weighted by molar-refractivity contribution is 5.48. The summed E-state index contributed by atoms with van der Waals surface area (Å²) in [7, 11) is 2.19. The van der Waals surface area contributed by atoms with Crippen LogP contribution in [0.15, 0.2) is 54.6 Å². The van der Waals surface area contributed by atoms with Crippen LogP contribution in [0.2, 0.25) is 0 Å². The van der Waals surface area contributed by atoms with E-state index < -0.39 is 0 Å². The molecule has 0 bridgehead atoms. The van der Waals surface area contributed by atoms with Crippen LogP contribution in [0.1, 0.15) is 71.9 Å². The lowest BCUT2D eigenvalue weighted by atomic mass is 10.0. The molecule has 158 valence electrons. The second-order valence-corrected chi connectivity index (χ2v) is 7.60. The van der Waals surface area contributed by atoms with Crippen LogP contribution >= 0.6 is 0 Å². The Labute approximate surface area is 175 Å². The minimum absolute atomic E-state index is 0. The molecule has 28 heavy (non-hydrogen) atoms.